The minimum absolute atomic E-state index is 0.371. The van der Waals surface area contributed by atoms with Crippen LogP contribution in [0.3, 0.4) is 0 Å². The number of nitrogens with one attached hydrogen (secondary N) is 1. The first-order valence-corrected chi connectivity index (χ1v) is 7.39. The van der Waals surface area contributed by atoms with Crippen molar-refractivity contribution in [1.29, 1.82) is 0 Å². The molecule has 1 fully saturated rings. The van der Waals surface area contributed by atoms with Crippen molar-refractivity contribution in [3.8, 4) is 0 Å². The number of nitrogens with zero attached hydrogens (tertiary/aromatic N) is 1. The van der Waals surface area contributed by atoms with E-state index in [0.717, 1.165) is 31.7 Å². The van der Waals surface area contributed by atoms with E-state index in [1.807, 2.05) is 30.3 Å². The summed E-state index contributed by atoms with van der Waals surface area (Å²) in [6.07, 6.45) is 0.806. The molecule has 0 bridgehead atoms. The Hall–Kier alpha value is -0.900. The molecule has 106 valence electrons. The summed E-state index contributed by atoms with van der Waals surface area (Å²) in [7, 11) is 0. The monoisotopic (exact) mass is 262 g/mol. The number of likely N-dealkylation sites (tertiary alicyclic amines) is 1. The third kappa shape index (κ3) is 4.03. The number of β-amino-alcohol motifs (C(OH)–C–C–N with tert-alkyl or cyclic N) is 1. The van der Waals surface area contributed by atoms with Crippen molar-refractivity contribution in [3.05, 3.63) is 35.9 Å². The Morgan fingerprint density at radius 1 is 1.37 bits per heavy atom. The largest absolute Gasteiger partial charge is 0.387 e. The summed E-state index contributed by atoms with van der Waals surface area (Å²) >= 11 is 0. The molecular formula is C16H26N2O. The molecule has 0 amide bonds. The molecule has 0 aliphatic carbocycles. The Bertz CT molecular complexity index is 368. The van der Waals surface area contributed by atoms with Gasteiger partial charge in [-0.3, -0.25) is 0 Å². The first-order valence-electron chi connectivity index (χ1n) is 7.39. The average molecular weight is 262 g/mol. The van der Waals surface area contributed by atoms with Crippen molar-refractivity contribution in [2.75, 3.05) is 26.2 Å². The van der Waals surface area contributed by atoms with E-state index in [2.05, 4.69) is 24.1 Å². The second-order valence-corrected chi connectivity index (χ2v) is 5.62. The summed E-state index contributed by atoms with van der Waals surface area (Å²) in [5.74, 6) is 0.650. The van der Waals surface area contributed by atoms with E-state index in [4.69, 9.17) is 0 Å². The van der Waals surface area contributed by atoms with Gasteiger partial charge in [-0.15, -0.1) is 0 Å². The summed E-state index contributed by atoms with van der Waals surface area (Å²) in [5, 5.41) is 13.8. The van der Waals surface area contributed by atoms with Crippen molar-refractivity contribution in [1.82, 2.24) is 10.2 Å². The van der Waals surface area contributed by atoms with Gasteiger partial charge in [0.05, 0.1) is 6.10 Å². The van der Waals surface area contributed by atoms with Gasteiger partial charge in [0.15, 0.2) is 0 Å². The molecule has 1 aliphatic heterocycles. The molecule has 2 rings (SSSR count). The van der Waals surface area contributed by atoms with E-state index < -0.39 is 0 Å². The highest BCUT2D eigenvalue weighted by Crippen LogP contribution is 2.20. The maximum Gasteiger partial charge on any atom is 0.0916 e. The van der Waals surface area contributed by atoms with Gasteiger partial charge < -0.3 is 15.3 Å². The number of aliphatic hydroxyl groups is 1. The molecule has 0 saturated carbocycles. The number of hydrogen-bond acceptors (Lipinski definition) is 3. The maximum atomic E-state index is 10.3. The van der Waals surface area contributed by atoms with Crippen molar-refractivity contribution in [2.45, 2.75) is 32.4 Å². The van der Waals surface area contributed by atoms with Crippen LogP contribution in [0.2, 0.25) is 0 Å². The minimum Gasteiger partial charge on any atom is -0.387 e. The Labute approximate surface area is 116 Å². The van der Waals surface area contributed by atoms with Crippen LogP contribution in [0, 0.1) is 5.92 Å². The Kier molecular flexibility index (Phi) is 5.37. The molecule has 3 atom stereocenters. The first-order chi connectivity index (χ1) is 9.20. The number of piperidine rings is 1. The molecule has 0 aromatic heterocycles. The predicted octanol–water partition coefficient (Wildman–Crippen LogP) is 2.04. The summed E-state index contributed by atoms with van der Waals surface area (Å²) in [6.45, 7) is 8.40. The maximum absolute atomic E-state index is 10.3. The molecule has 19 heavy (non-hydrogen) atoms. The second-order valence-electron chi connectivity index (χ2n) is 5.62. The molecule has 3 unspecified atom stereocenters. The van der Waals surface area contributed by atoms with Crippen LogP contribution >= 0.6 is 0 Å². The second kappa shape index (κ2) is 7.04. The Balaban J connectivity index is 1.84. The lowest BCUT2D eigenvalue weighted by Gasteiger charge is -2.38. The third-order valence-corrected chi connectivity index (χ3v) is 4.07. The molecule has 0 spiro atoms. The normalized spacial score (nSPS) is 26.3. The van der Waals surface area contributed by atoms with Gasteiger partial charge in [0, 0.05) is 19.1 Å². The topological polar surface area (TPSA) is 35.5 Å². The molecule has 1 aromatic rings. The summed E-state index contributed by atoms with van der Waals surface area (Å²) < 4.78 is 0. The van der Waals surface area contributed by atoms with Crippen LogP contribution in [0.25, 0.3) is 0 Å². The Morgan fingerprint density at radius 3 is 2.74 bits per heavy atom. The van der Waals surface area contributed by atoms with E-state index >= 15 is 0 Å². The van der Waals surface area contributed by atoms with Crippen LogP contribution < -0.4 is 5.32 Å². The smallest absolute Gasteiger partial charge is 0.0916 e. The van der Waals surface area contributed by atoms with Crippen molar-refractivity contribution >= 4 is 0 Å². The fourth-order valence-electron chi connectivity index (χ4n) is 2.99. The molecular weight excluding hydrogens is 236 g/mol. The zero-order chi connectivity index (χ0) is 13.7. The molecule has 1 heterocycles. The number of aliphatic hydroxyl groups excluding tert-OH is 1. The highest BCUT2D eigenvalue weighted by atomic mass is 16.3. The minimum atomic E-state index is -0.371. The lowest BCUT2D eigenvalue weighted by atomic mass is 9.93. The number of rotatable bonds is 5. The first kappa shape index (κ1) is 14.5. The van der Waals surface area contributed by atoms with Crippen molar-refractivity contribution < 1.29 is 5.11 Å². The van der Waals surface area contributed by atoms with Crippen LogP contribution in [0.15, 0.2) is 30.3 Å². The van der Waals surface area contributed by atoms with Gasteiger partial charge in [0.2, 0.25) is 0 Å². The zero-order valence-corrected chi connectivity index (χ0v) is 12.0. The van der Waals surface area contributed by atoms with E-state index in [0.29, 0.717) is 12.0 Å². The van der Waals surface area contributed by atoms with Gasteiger partial charge in [-0.1, -0.05) is 44.2 Å². The van der Waals surface area contributed by atoms with Crippen LogP contribution in [0.5, 0.6) is 0 Å². The third-order valence-electron chi connectivity index (χ3n) is 4.07. The summed E-state index contributed by atoms with van der Waals surface area (Å²) in [6, 6.07) is 10.6. The highest BCUT2D eigenvalue weighted by molar-refractivity contribution is 5.17. The van der Waals surface area contributed by atoms with E-state index in [9.17, 15) is 5.11 Å². The van der Waals surface area contributed by atoms with E-state index in [-0.39, 0.29) is 6.10 Å². The fraction of sp³-hybridized carbons (Fsp3) is 0.625. The Morgan fingerprint density at radius 2 is 2.11 bits per heavy atom. The van der Waals surface area contributed by atoms with Gasteiger partial charge in [0.25, 0.3) is 0 Å². The molecule has 0 radical (unpaired) electrons. The van der Waals surface area contributed by atoms with Crippen molar-refractivity contribution in [2.24, 2.45) is 5.92 Å². The van der Waals surface area contributed by atoms with Gasteiger partial charge in [-0.2, -0.15) is 0 Å². The number of benzene rings is 1. The molecule has 1 saturated heterocycles. The fourth-order valence-corrected chi connectivity index (χ4v) is 2.99. The summed E-state index contributed by atoms with van der Waals surface area (Å²) in [4.78, 5) is 2.39. The lowest BCUT2D eigenvalue weighted by molar-refractivity contribution is 0.0756. The van der Waals surface area contributed by atoms with E-state index in [1.54, 1.807) is 0 Å². The van der Waals surface area contributed by atoms with Gasteiger partial charge in [0.1, 0.15) is 0 Å². The zero-order valence-electron chi connectivity index (χ0n) is 12.0. The van der Waals surface area contributed by atoms with Crippen LogP contribution in [0.4, 0.5) is 0 Å². The number of hydrogen-bond donors (Lipinski definition) is 2. The highest BCUT2D eigenvalue weighted by Gasteiger charge is 2.26. The SMILES string of the molecule is CCNC1CCN(CC(O)c2ccccc2)CC1C. The molecule has 1 aliphatic rings. The molecule has 1 aromatic carbocycles. The van der Waals surface area contributed by atoms with Crippen LogP contribution in [-0.4, -0.2) is 42.2 Å². The molecule has 3 nitrogen and oxygen atoms in total. The predicted molar refractivity (Wildman–Crippen MR) is 79.1 cm³/mol. The van der Waals surface area contributed by atoms with Crippen LogP contribution in [0.1, 0.15) is 31.9 Å². The quantitative estimate of drug-likeness (QED) is 0.852. The van der Waals surface area contributed by atoms with Gasteiger partial charge in [-0.25, -0.2) is 0 Å². The van der Waals surface area contributed by atoms with Crippen molar-refractivity contribution in [3.63, 3.8) is 0 Å². The molecule has 2 N–H and O–H groups in total. The van der Waals surface area contributed by atoms with Crippen LogP contribution in [-0.2, 0) is 0 Å². The lowest BCUT2D eigenvalue weighted by Crippen LogP contribution is -2.49. The average Bonchev–Trinajstić information content (AvgIpc) is 2.43. The van der Waals surface area contributed by atoms with Gasteiger partial charge >= 0.3 is 0 Å². The van der Waals surface area contributed by atoms with E-state index in [1.165, 1.54) is 6.42 Å². The summed E-state index contributed by atoms with van der Waals surface area (Å²) in [5.41, 5.74) is 1.02. The van der Waals surface area contributed by atoms with Gasteiger partial charge in [-0.05, 0) is 31.0 Å². The standard InChI is InChI=1S/C16H26N2O/c1-3-17-15-9-10-18(11-13(15)2)12-16(19)14-7-5-4-6-8-14/h4-8,13,15-17,19H,3,9-12H2,1-2H3. The molecule has 3 heteroatoms.